The Kier molecular flexibility index (Phi) is 6.53. The molecule has 1 saturated heterocycles. The van der Waals surface area contributed by atoms with E-state index >= 15 is 0 Å². The molecule has 2 aliphatic heterocycles. The van der Waals surface area contributed by atoms with Crippen LogP contribution in [0.15, 0.2) is 17.1 Å². The van der Waals surface area contributed by atoms with E-state index in [1.165, 1.54) is 0 Å². The van der Waals surface area contributed by atoms with Crippen molar-refractivity contribution in [1.82, 2.24) is 4.90 Å². The van der Waals surface area contributed by atoms with Crippen molar-refractivity contribution in [3.8, 4) is 11.5 Å². The number of likely N-dealkylation sites (tertiary alicyclic amines) is 1. The Bertz CT molecular complexity index is 771. The second-order valence-electron chi connectivity index (χ2n) is 7.49. The standard InChI is InChI=1S/C19H30N3O5P/c1-13-20-16-12-18(27-3)17(26-2)11-15(16)19(21-13)22-8-6-14(7-9-22)5-4-10-28(23,24)25/h11-14,20H,4-10H2,1-3H3,(H2,23,24,25). The number of nitrogens with one attached hydrogen (secondary N) is 1. The summed E-state index contributed by atoms with van der Waals surface area (Å²) in [7, 11) is -0.628. The molecular formula is C19H30N3O5P. The lowest BCUT2D eigenvalue weighted by Crippen LogP contribution is -2.42. The van der Waals surface area contributed by atoms with E-state index < -0.39 is 7.60 Å². The minimum atomic E-state index is -3.88. The molecule has 1 fully saturated rings. The van der Waals surface area contributed by atoms with Crippen LogP contribution in [0.3, 0.4) is 0 Å². The Balaban J connectivity index is 1.69. The molecule has 0 aliphatic carbocycles. The normalized spacial score (nSPS) is 20.2. The third-order valence-electron chi connectivity index (χ3n) is 5.42. The van der Waals surface area contributed by atoms with Crippen molar-refractivity contribution in [2.75, 3.05) is 38.8 Å². The van der Waals surface area contributed by atoms with E-state index in [2.05, 4.69) is 10.2 Å². The molecule has 2 heterocycles. The lowest BCUT2D eigenvalue weighted by molar-refractivity contribution is 0.253. The second-order valence-corrected chi connectivity index (χ2v) is 9.26. The molecule has 0 aromatic heterocycles. The van der Waals surface area contributed by atoms with Gasteiger partial charge in [0.15, 0.2) is 11.5 Å². The minimum absolute atomic E-state index is 0.0158. The van der Waals surface area contributed by atoms with Gasteiger partial charge in [0.25, 0.3) is 0 Å². The van der Waals surface area contributed by atoms with Crippen LogP contribution in [-0.2, 0) is 4.57 Å². The summed E-state index contributed by atoms with van der Waals surface area (Å²) >= 11 is 0. The van der Waals surface area contributed by atoms with E-state index in [4.69, 9.17) is 24.3 Å². The van der Waals surface area contributed by atoms with Gasteiger partial charge in [-0.3, -0.25) is 4.57 Å². The summed E-state index contributed by atoms with van der Waals surface area (Å²) in [6.45, 7) is 3.80. The van der Waals surface area contributed by atoms with Crippen LogP contribution in [0.25, 0.3) is 0 Å². The molecule has 1 aromatic carbocycles. The third kappa shape index (κ3) is 4.99. The number of hydrogen-bond acceptors (Lipinski definition) is 6. The first-order chi connectivity index (χ1) is 13.3. The number of piperidine rings is 1. The van der Waals surface area contributed by atoms with Gasteiger partial charge in [0, 0.05) is 30.9 Å². The predicted octanol–water partition coefficient (Wildman–Crippen LogP) is 2.89. The average Bonchev–Trinajstić information content (AvgIpc) is 2.66. The smallest absolute Gasteiger partial charge is 0.325 e. The zero-order chi connectivity index (χ0) is 20.3. The van der Waals surface area contributed by atoms with Crippen molar-refractivity contribution in [3.05, 3.63) is 17.7 Å². The predicted molar refractivity (Wildman–Crippen MR) is 110 cm³/mol. The molecule has 9 heteroatoms. The largest absolute Gasteiger partial charge is 0.493 e. The maximum absolute atomic E-state index is 11.0. The van der Waals surface area contributed by atoms with E-state index in [0.717, 1.165) is 49.4 Å². The SMILES string of the molecule is COc1cc2c(cc1OC)C(N1CCC(CCCP(=O)(O)O)CC1)=NC(C)N2. The molecule has 0 amide bonds. The molecule has 1 aromatic rings. The number of methoxy groups -OCH3 is 2. The Morgan fingerprint density at radius 3 is 2.46 bits per heavy atom. The van der Waals surface area contributed by atoms with Crippen molar-refractivity contribution in [1.29, 1.82) is 0 Å². The van der Waals surface area contributed by atoms with Crippen LogP contribution in [0.1, 0.15) is 38.2 Å². The van der Waals surface area contributed by atoms with Crippen LogP contribution in [-0.4, -0.2) is 60.2 Å². The number of amidine groups is 1. The van der Waals surface area contributed by atoms with E-state index in [1.54, 1.807) is 14.2 Å². The van der Waals surface area contributed by atoms with Gasteiger partial charge in [0.2, 0.25) is 0 Å². The number of hydrogen-bond donors (Lipinski definition) is 3. The molecule has 28 heavy (non-hydrogen) atoms. The summed E-state index contributed by atoms with van der Waals surface area (Å²) < 4.78 is 21.9. The Morgan fingerprint density at radius 1 is 1.21 bits per heavy atom. The zero-order valence-corrected chi connectivity index (χ0v) is 17.6. The van der Waals surface area contributed by atoms with E-state index in [9.17, 15) is 4.57 Å². The summed E-state index contributed by atoms with van der Waals surface area (Å²) in [5.74, 6) is 2.84. The number of aliphatic imine (C=N–C) groups is 1. The fourth-order valence-electron chi connectivity index (χ4n) is 3.97. The molecule has 156 valence electrons. The summed E-state index contributed by atoms with van der Waals surface area (Å²) in [5.41, 5.74) is 2.00. The molecule has 2 aliphatic rings. The highest BCUT2D eigenvalue weighted by Gasteiger charge is 2.28. The van der Waals surface area contributed by atoms with Gasteiger partial charge in [0.1, 0.15) is 12.0 Å². The Hall–Kier alpha value is -1.76. The first-order valence-corrected chi connectivity index (χ1v) is 11.5. The highest BCUT2D eigenvalue weighted by atomic mass is 31.2. The van der Waals surface area contributed by atoms with E-state index in [1.807, 2.05) is 19.1 Å². The van der Waals surface area contributed by atoms with Gasteiger partial charge in [-0.15, -0.1) is 0 Å². The minimum Gasteiger partial charge on any atom is -0.493 e. The molecule has 0 bridgehead atoms. The molecule has 0 saturated carbocycles. The highest BCUT2D eigenvalue weighted by Crippen LogP contribution is 2.38. The number of rotatable bonds is 6. The van der Waals surface area contributed by atoms with Crippen LogP contribution in [0.2, 0.25) is 0 Å². The lowest BCUT2D eigenvalue weighted by atomic mass is 9.92. The number of fused-ring (bicyclic) bond motifs is 1. The Morgan fingerprint density at radius 2 is 1.86 bits per heavy atom. The molecule has 3 N–H and O–H groups in total. The van der Waals surface area contributed by atoms with Crippen LogP contribution >= 0.6 is 7.60 Å². The summed E-state index contributed by atoms with van der Waals surface area (Å²) in [6.07, 6.45) is 3.41. The van der Waals surface area contributed by atoms with Gasteiger partial charge in [-0.25, -0.2) is 4.99 Å². The summed E-state index contributed by atoms with van der Waals surface area (Å²) in [4.78, 5) is 25.2. The van der Waals surface area contributed by atoms with Crippen molar-refractivity contribution in [2.24, 2.45) is 10.9 Å². The van der Waals surface area contributed by atoms with Crippen molar-refractivity contribution < 1.29 is 23.8 Å². The van der Waals surface area contributed by atoms with Gasteiger partial charge < -0.3 is 29.5 Å². The molecule has 0 spiro atoms. The number of anilines is 1. The molecular weight excluding hydrogens is 381 g/mol. The van der Waals surface area contributed by atoms with Crippen LogP contribution < -0.4 is 14.8 Å². The molecule has 1 atom stereocenters. The Labute approximate surface area is 166 Å². The lowest BCUT2D eigenvalue weighted by Gasteiger charge is -2.37. The average molecular weight is 411 g/mol. The molecule has 3 rings (SSSR count). The van der Waals surface area contributed by atoms with Gasteiger partial charge in [-0.05, 0) is 44.6 Å². The maximum atomic E-state index is 11.0. The third-order valence-corrected chi connectivity index (χ3v) is 6.32. The van der Waals surface area contributed by atoms with E-state index in [0.29, 0.717) is 23.8 Å². The molecule has 8 nitrogen and oxygen atoms in total. The zero-order valence-electron chi connectivity index (χ0n) is 16.7. The topological polar surface area (TPSA) is 104 Å². The summed E-state index contributed by atoms with van der Waals surface area (Å²) in [5, 5.41) is 3.38. The fourth-order valence-corrected chi connectivity index (χ4v) is 4.56. The number of nitrogens with zero attached hydrogens (tertiary/aromatic N) is 2. The maximum Gasteiger partial charge on any atom is 0.325 e. The molecule has 1 unspecified atom stereocenters. The number of benzene rings is 1. The van der Waals surface area contributed by atoms with Gasteiger partial charge in [-0.1, -0.05) is 0 Å². The van der Waals surface area contributed by atoms with Crippen molar-refractivity contribution in [3.63, 3.8) is 0 Å². The van der Waals surface area contributed by atoms with Crippen LogP contribution in [0.5, 0.6) is 11.5 Å². The fraction of sp³-hybridized carbons (Fsp3) is 0.632. The quantitative estimate of drug-likeness (QED) is 0.619. The molecule has 0 radical (unpaired) electrons. The number of ether oxygens (including phenoxy) is 2. The van der Waals surface area contributed by atoms with Gasteiger partial charge >= 0.3 is 7.60 Å². The highest BCUT2D eigenvalue weighted by molar-refractivity contribution is 7.51. The van der Waals surface area contributed by atoms with Crippen LogP contribution in [0, 0.1) is 5.92 Å². The van der Waals surface area contributed by atoms with Crippen molar-refractivity contribution in [2.45, 2.75) is 38.8 Å². The monoisotopic (exact) mass is 411 g/mol. The summed E-state index contributed by atoms with van der Waals surface area (Å²) in [6, 6.07) is 3.92. The first kappa shape index (κ1) is 21.0. The first-order valence-electron chi connectivity index (χ1n) is 9.71. The van der Waals surface area contributed by atoms with Gasteiger partial charge in [-0.2, -0.15) is 0 Å². The van der Waals surface area contributed by atoms with Gasteiger partial charge in [0.05, 0.1) is 19.9 Å². The van der Waals surface area contributed by atoms with E-state index in [-0.39, 0.29) is 12.3 Å². The second kappa shape index (κ2) is 8.72. The van der Waals surface area contributed by atoms with Crippen molar-refractivity contribution >= 4 is 19.1 Å². The van der Waals surface area contributed by atoms with Crippen LogP contribution in [0.4, 0.5) is 5.69 Å².